The fourth-order valence-corrected chi connectivity index (χ4v) is 2.51. The number of anilines is 2. The van der Waals surface area contributed by atoms with E-state index < -0.39 is 12.1 Å². The molecular weight excluding hydrogens is 355 g/mol. The summed E-state index contributed by atoms with van der Waals surface area (Å²) in [4.78, 5) is 17.2. The number of hydrogen-bond donors (Lipinski definition) is 1. The van der Waals surface area contributed by atoms with Gasteiger partial charge in [-0.05, 0) is 32.0 Å². The molecule has 6 nitrogen and oxygen atoms in total. The highest BCUT2D eigenvalue weighted by Gasteiger charge is 2.39. The van der Waals surface area contributed by atoms with Gasteiger partial charge in [-0.25, -0.2) is 4.98 Å². The van der Waals surface area contributed by atoms with Gasteiger partial charge in [0.1, 0.15) is 5.69 Å². The summed E-state index contributed by atoms with van der Waals surface area (Å²) < 4.78 is 37.7. The largest absolute Gasteiger partial charge is 0.471 e. The van der Waals surface area contributed by atoms with E-state index in [4.69, 9.17) is 0 Å². The van der Waals surface area contributed by atoms with E-state index in [1.807, 2.05) is 24.1 Å². The zero-order valence-electron chi connectivity index (χ0n) is 13.5. The number of amides is 1. The second-order valence-electron chi connectivity index (χ2n) is 4.84. The van der Waals surface area contributed by atoms with Crippen LogP contribution in [0.25, 0.3) is 0 Å². The first-order valence-corrected chi connectivity index (χ1v) is 8.31. The molecule has 0 aliphatic rings. The number of hydrogen-bond acceptors (Lipinski definition) is 6. The van der Waals surface area contributed by atoms with Gasteiger partial charge in [-0.2, -0.15) is 13.2 Å². The van der Waals surface area contributed by atoms with Crippen LogP contribution in [-0.2, 0) is 4.79 Å². The monoisotopic (exact) mass is 371 g/mol. The van der Waals surface area contributed by atoms with Crippen molar-refractivity contribution in [1.82, 2.24) is 4.98 Å². The molecule has 0 radical (unpaired) electrons. The lowest BCUT2D eigenvalue weighted by Crippen LogP contribution is -2.30. The Morgan fingerprint density at radius 3 is 2.56 bits per heavy atom. The minimum absolute atomic E-state index is 0.0629. The lowest BCUT2D eigenvalue weighted by Gasteiger charge is -2.22. The van der Waals surface area contributed by atoms with Gasteiger partial charge in [0.15, 0.2) is 0 Å². The van der Waals surface area contributed by atoms with E-state index in [0.717, 1.165) is 0 Å². The summed E-state index contributed by atoms with van der Waals surface area (Å²) >= 11 is 1.23. The molecule has 25 heavy (non-hydrogen) atoms. The maximum Gasteiger partial charge on any atom is 0.471 e. The summed E-state index contributed by atoms with van der Waals surface area (Å²) in [6, 6.07) is 4.68. The lowest BCUT2D eigenvalue weighted by atomic mass is 10.2. The van der Waals surface area contributed by atoms with Crippen LogP contribution in [0.1, 0.15) is 13.8 Å². The van der Waals surface area contributed by atoms with Gasteiger partial charge in [-0.15, -0.1) is 21.6 Å². The zero-order chi connectivity index (χ0) is 18.4. The van der Waals surface area contributed by atoms with Gasteiger partial charge >= 0.3 is 12.1 Å². The number of carbonyl (C=O) groups is 1. The Morgan fingerprint density at radius 1 is 1.28 bits per heavy atom. The van der Waals surface area contributed by atoms with Crippen molar-refractivity contribution in [3.05, 3.63) is 29.8 Å². The highest BCUT2D eigenvalue weighted by molar-refractivity contribution is 7.13. The molecule has 1 aromatic carbocycles. The van der Waals surface area contributed by atoms with E-state index in [-0.39, 0.29) is 11.4 Å². The van der Waals surface area contributed by atoms with Gasteiger partial charge in [0.25, 0.3) is 0 Å². The predicted octanol–water partition coefficient (Wildman–Crippen LogP) is 4.91. The first kappa shape index (κ1) is 18.8. The molecule has 2 aromatic rings. The maximum atomic E-state index is 12.6. The molecule has 0 saturated carbocycles. The molecule has 0 aliphatic heterocycles. The average Bonchev–Trinajstić information content (AvgIpc) is 3.07. The van der Waals surface area contributed by atoms with Crippen LogP contribution in [-0.4, -0.2) is 30.2 Å². The van der Waals surface area contributed by atoms with E-state index in [9.17, 15) is 18.0 Å². The Bertz CT molecular complexity index is 742. The van der Waals surface area contributed by atoms with Crippen molar-refractivity contribution in [3.63, 3.8) is 0 Å². The maximum absolute atomic E-state index is 12.6. The predicted molar refractivity (Wildman–Crippen MR) is 91.0 cm³/mol. The highest BCUT2D eigenvalue weighted by Crippen LogP contribution is 2.33. The number of halogens is 3. The van der Waals surface area contributed by atoms with Crippen molar-refractivity contribution in [3.8, 4) is 0 Å². The number of nitrogens with zero attached hydrogens (tertiary/aromatic N) is 4. The quantitative estimate of drug-likeness (QED) is 0.734. The summed E-state index contributed by atoms with van der Waals surface area (Å²) in [5.41, 5.74) is 0.728. The van der Waals surface area contributed by atoms with E-state index in [1.54, 1.807) is 11.4 Å². The van der Waals surface area contributed by atoms with E-state index in [2.05, 4.69) is 15.2 Å². The third-order valence-electron chi connectivity index (χ3n) is 3.28. The van der Waals surface area contributed by atoms with Crippen LogP contribution in [0.15, 0.2) is 40.0 Å². The molecule has 1 amide bonds. The fraction of sp³-hybridized carbons (Fsp3) is 0.333. The molecule has 134 valence electrons. The molecule has 0 atom stereocenters. The van der Waals surface area contributed by atoms with E-state index in [0.29, 0.717) is 23.9 Å². The molecule has 0 bridgehead atoms. The normalized spacial score (nSPS) is 11.7. The molecule has 0 fully saturated rings. The summed E-state index contributed by atoms with van der Waals surface area (Å²) in [6.07, 6.45) is -3.45. The molecule has 1 aromatic heterocycles. The van der Waals surface area contributed by atoms with Crippen LogP contribution in [0.2, 0.25) is 0 Å². The van der Waals surface area contributed by atoms with Crippen LogP contribution in [0.4, 0.5) is 35.4 Å². The summed E-state index contributed by atoms with van der Waals surface area (Å²) in [7, 11) is 0. The smallest absolute Gasteiger partial charge is 0.372 e. The summed E-state index contributed by atoms with van der Waals surface area (Å²) in [5, 5.41) is 11.7. The summed E-state index contributed by atoms with van der Waals surface area (Å²) in [6.45, 7) is 5.19. The zero-order valence-corrected chi connectivity index (χ0v) is 14.4. The fourth-order valence-electron chi connectivity index (χ4n) is 2.05. The highest BCUT2D eigenvalue weighted by atomic mass is 32.1. The van der Waals surface area contributed by atoms with Crippen LogP contribution in [0, 0.1) is 0 Å². The molecule has 0 unspecified atom stereocenters. The molecular formula is C15H16F3N5OS. The van der Waals surface area contributed by atoms with Gasteiger partial charge < -0.3 is 10.2 Å². The number of aromatic nitrogens is 1. The van der Waals surface area contributed by atoms with Crippen molar-refractivity contribution in [2.45, 2.75) is 20.0 Å². The van der Waals surface area contributed by atoms with E-state index in [1.165, 1.54) is 29.7 Å². The van der Waals surface area contributed by atoms with Crippen molar-refractivity contribution in [1.29, 1.82) is 0 Å². The number of carbonyl (C=O) groups excluding carboxylic acids is 1. The number of nitrogens with one attached hydrogen (secondary N) is 1. The Hall–Kier alpha value is -2.49. The number of benzene rings is 1. The third-order valence-corrected chi connectivity index (χ3v) is 3.93. The van der Waals surface area contributed by atoms with Gasteiger partial charge in [-0.3, -0.25) is 4.79 Å². The topological polar surface area (TPSA) is 70.0 Å². The minimum atomic E-state index is -4.99. The second-order valence-corrected chi connectivity index (χ2v) is 5.71. The first-order chi connectivity index (χ1) is 11.8. The Labute approximate surface area is 146 Å². The molecule has 0 saturated heterocycles. The number of alkyl halides is 3. The number of azo groups is 1. The molecule has 0 aliphatic carbocycles. The second kappa shape index (κ2) is 8.06. The lowest BCUT2D eigenvalue weighted by molar-refractivity contribution is -0.167. The van der Waals surface area contributed by atoms with E-state index >= 15 is 0 Å². The SMILES string of the molecule is CCN(CC)c1ccc(N=Nc2nccs2)c(NC(=O)C(F)(F)F)c1. The minimum Gasteiger partial charge on any atom is -0.372 e. The van der Waals surface area contributed by atoms with Crippen molar-refractivity contribution >= 4 is 39.4 Å². The molecule has 10 heteroatoms. The van der Waals surface area contributed by atoms with Gasteiger partial charge in [0, 0.05) is 30.4 Å². The Morgan fingerprint density at radius 2 is 2.00 bits per heavy atom. The number of rotatable bonds is 6. The van der Waals surface area contributed by atoms with Crippen molar-refractivity contribution in [2.24, 2.45) is 10.2 Å². The Balaban J connectivity index is 2.38. The van der Waals surface area contributed by atoms with Gasteiger partial charge in [0.05, 0.1) is 5.69 Å². The van der Waals surface area contributed by atoms with Gasteiger partial charge in [-0.1, -0.05) is 0 Å². The molecule has 1 heterocycles. The third kappa shape index (κ3) is 4.99. The van der Waals surface area contributed by atoms with Crippen molar-refractivity contribution < 1.29 is 18.0 Å². The van der Waals surface area contributed by atoms with Crippen LogP contribution >= 0.6 is 11.3 Å². The molecule has 0 spiro atoms. The molecule has 2 rings (SSSR count). The molecule has 1 N–H and O–H groups in total. The standard InChI is InChI=1S/C15H16F3N5OS/c1-3-23(4-2)10-5-6-11(21-22-14-19-7-8-25-14)12(9-10)20-13(24)15(16,17)18/h5-9H,3-4H2,1-2H3,(H,20,24). The van der Waals surface area contributed by atoms with Crippen LogP contribution in [0.3, 0.4) is 0 Å². The summed E-state index contributed by atoms with van der Waals surface area (Å²) in [5.74, 6) is -2.06. The van der Waals surface area contributed by atoms with Crippen LogP contribution in [0.5, 0.6) is 0 Å². The van der Waals surface area contributed by atoms with Crippen LogP contribution < -0.4 is 10.2 Å². The average molecular weight is 371 g/mol. The van der Waals surface area contributed by atoms with Crippen molar-refractivity contribution in [2.75, 3.05) is 23.3 Å². The van der Waals surface area contributed by atoms with Gasteiger partial charge in [0.2, 0.25) is 5.13 Å². The Kier molecular flexibility index (Phi) is 6.07. The number of thiazole rings is 1. The first-order valence-electron chi connectivity index (χ1n) is 7.43.